The number of morpholine rings is 1. The fraction of sp³-hybridized carbons (Fsp3) is 0.500. The van der Waals surface area contributed by atoms with Crippen LogP contribution < -0.4 is 4.90 Å². The third kappa shape index (κ3) is 2.86. The zero-order valence-electron chi connectivity index (χ0n) is 10.6. The number of pyridine rings is 1. The molecule has 2 rings (SSSR count). The summed E-state index contributed by atoms with van der Waals surface area (Å²) in [5.74, 6) is 1.56. The van der Waals surface area contributed by atoms with Gasteiger partial charge in [-0.3, -0.25) is 0 Å². The molecule has 0 atom stereocenters. The van der Waals surface area contributed by atoms with E-state index in [2.05, 4.69) is 42.4 Å². The van der Waals surface area contributed by atoms with E-state index in [0.717, 1.165) is 37.8 Å². The summed E-state index contributed by atoms with van der Waals surface area (Å²) in [4.78, 5) is 6.89. The molecule has 0 N–H and O–H groups in total. The first kappa shape index (κ1) is 12.1. The minimum Gasteiger partial charge on any atom is -0.378 e. The molecule has 2 heterocycles. The van der Waals surface area contributed by atoms with Crippen molar-refractivity contribution in [3.63, 3.8) is 0 Å². The van der Waals surface area contributed by atoms with E-state index in [4.69, 9.17) is 4.74 Å². The van der Waals surface area contributed by atoms with Crippen LogP contribution in [0, 0.1) is 0 Å². The second-order valence-electron chi connectivity index (χ2n) is 4.64. The van der Waals surface area contributed by atoms with Crippen molar-refractivity contribution in [3.05, 3.63) is 30.0 Å². The molecule has 0 spiro atoms. The van der Waals surface area contributed by atoms with Gasteiger partial charge in [-0.15, -0.1) is 0 Å². The minimum atomic E-state index is 0.511. The summed E-state index contributed by atoms with van der Waals surface area (Å²) in [5.41, 5.74) is 2.27. The van der Waals surface area contributed by atoms with Crippen molar-refractivity contribution in [2.45, 2.75) is 19.8 Å². The lowest BCUT2D eigenvalue weighted by atomic mass is 10.0. The molecule has 1 saturated heterocycles. The fourth-order valence-corrected chi connectivity index (χ4v) is 1.95. The largest absolute Gasteiger partial charge is 0.378 e. The van der Waals surface area contributed by atoms with Gasteiger partial charge >= 0.3 is 0 Å². The highest BCUT2D eigenvalue weighted by molar-refractivity contribution is 5.51. The van der Waals surface area contributed by atoms with Crippen molar-refractivity contribution in [3.8, 4) is 0 Å². The number of hydrogen-bond donors (Lipinski definition) is 0. The van der Waals surface area contributed by atoms with Gasteiger partial charge in [0.15, 0.2) is 0 Å². The van der Waals surface area contributed by atoms with E-state index >= 15 is 0 Å². The third-order valence-corrected chi connectivity index (χ3v) is 3.06. The Hall–Kier alpha value is -1.35. The fourth-order valence-electron chi connectivity index (χ4n) is 1.95. The maximum atomic E-state index is 5.37. The molecule has 0 amide bonds. The molecule has 1 aromatic heterocycles. The lowest BCUT2D eigenvalue weighted by molar-refractivity contribution is 0.122. The molecule has 1 aromatic rings. The summed E-state index contributed by atoms with van der Waals surface area (Å²) < 4.78 is 5.37. The van der Waals surface area contributed by atoms with E-state index in [1.165, 1.54) is 5.56 Å². The first-order valence-corrected chi connectivity index (χ1v) is 6.18. The van der Waals surface area contributed by atoms with E-state index in [1.54, 1.807) is 0 Å². The van der Waals surface area contributed by atoms with Gasteiger partial charge < -0.3 is 9.64 Å². The van der Waals surface area contributed by atoms with Crippen LogP contribution in [-0.4, -0.2) is 31.3 Å². The Bertz CT molecular complexity index is 395. The SMILES string of the molecule is C=Cc1cc(C(C)C)cc(N2CCOCC2)n1. The molecule has 0 radical (unpaired) electrons. The molecule has 3 nitrogen and oxygen atoms in total. The van der Waals surface area contributed by atoms with Gasteiger partial charge in [0, 0.05) is 13.1 Å². The van der Waals surface area contributed by atoms with Crippen LogP contribution in [0.1, 0.15) is 31.0 Å². The van der Waals surface area contributed by atoms with Gasteiger partial charge in [0.1, 0.15) is 5.82 Å². The van der Waals surface area contributed by atoms with E-state index < -0.39 is 0 Å². The second-order valence-corrected chi connectivity index (χ2v) is 4.64. The Kier molecular flexibility index (Phi) is 3.79. The molecule has 3 heteroatoms. The van der Waals surface area contributed by atoms with Gasteiger partial charge in [-0.25, -0.2) is 4.98 Å². The Morgan fingerprint density at radius 3 is 2.65 bits per heavy atom. The Morgan fingerprint density at radius 2 is 2.06 bits per heavy atom. The van der Waals surface area contributed by atoms with Crippen molar-refractivity contribution >= 4 is 11.9 Å². The predicted octanol–water partition coefficient (Wildman–Crippen LogP) is 2.68. The quantitative estimate of drug-likeness (QED) is 0.801. The molecule has 1 aliphatic heterocycles. The monoisotopic (exact) mass is 232 g/mol. The number of hydrogen-bond acceptors (Lipinski definition) is 3. The van der Waals surface area contributed by atoms with Gasteiger partial charge in [0.05, 0.1) is 18.9 Å². The van der Waals surface area contributed by atoms with Crippen molar-refractivity contribution in [2.75, 3.05) is 31.2 Å². The highest BCUT2D eigenvalue weighted by Crippen LogP contribution is 2.22. The van der Waals surface area contributed by atoms with E-state index in [9.17, 15) is 0 Å². The van der Waals surface area contributed by atoms with Crippen LogP contribution in [-0.2, 0) is 4.74 Å². The molecule has 1 aliphatic rings. The molecule has 1 fully saturated rings. The minimum absolute atomic E-state index is 0.511. The molecule has 0 aliphatic carbocycles. The van der Waals surface area contributed by atoms with Gasteiger partial charge in [0.25, 0.3) is 0 Å². The average molecular weight is 232 g/mol. The molecule has 0 aromatic carbocycles. The maximum Gasteiger partial charge on any atom is 0.129 e. The zero-order valence-corrected chi connectivity index (χ0v) is 10.6. The number of rotatable bonds is 3. The number of nitrogens with zero attached hydrogens (tertiary/aromatic N) is 2. The summed E-state index contributed by atoms with van der Waals surface area (Å²) in [6.07, 6.45) is 1.82. The second kappa shape index (κ2) is 5.32. The first-order chi connectivity index (χ1) is 8.20. The summed E-state index contributed by atoms with van der Waals surface area (Å²) in [6.45, 7) is 11.6. The number of anilines is 1. The zero-order chi connectivity index (χ0) is 12.3. The molecular formula is C14H20N2O. The molecule has 0 saturated carbocycles. The summed E-state index contributed by atoms with van der Waals surface area (Å²) in [7, 11) is 0. The van der Waals surface area contributed by atoms with Gasteiger partial charge in [0.2, 0.25) is 0 Å². The van der Waals surface area contributed by atoms with E-state index in [1.807, 2.05) is 6.08 Å². The van der Waals surface area contributed by atoms with Crippen molar-refractivity contribution in [1.29, 1.82) is 0 Å². The van der Waals surface area contributed by atoms with Gasteiger partial charge in [-0.2, -0.15) is 0 Å². The van der Waals surface area contributed by atoms with Crippen molar-refractivity contribution in [2.24, 2.45) is 0 Å². The van der Waals surface area contributed by atoms with Crippen LogP contribution >= 0.6 is 0 Å². The Balaban J connectivity index is 2.31. The Labute approximate surface area is 103 Å². The molecule has 0 unspecified atom stereocenters. The lowest BCUT2D eigenvalue weighted by Crippen LogP contribution is -2.36. The summed E-state index contributed by atoms with van der Waals surface area (Å²) in [5, 5.41) is 0. The number of ether oxygens (including phenoxy) is 1. The van der Waals surface area contributed by atoms with E-state index in [0.29, 0.717) is 5.92 Å². The highest BCUT2D eigenvalue weighted by Gasteiger charge is 2.14. The van der Waals surface area contributed by atoms with Crippen molar-refractivity contribution in [1.82, 2.24) is 4.98 Å². The lowest BCUT2D eigenvalue weighted by Gasteiger charge is -2.28. The van der Waals surface area contributed by atoms with Crippen LogP contribution in [0.3, 0.4) is 0 Å². The maximum absolute atomic E-state index is 5.37. The first-order valence-electron chi connectivity index (χ1n) is 6.18. The molecule has 92 valence electrons. The topological polar surface area (TPSA) is 25.4 Å². The normalized spacial score (nSPS) is 16.3. The molecule has 17 heavy (non-hydrogen) atoms. The average Bonchev–Trinajstić information content (AvgIpc) is 2.39. The van der Waals surface area contributed by atoms with Crippen LogP contribution in [0.4, 0.5) is 5.82 Å². The highest BCUT2D eigenvalue weighted by atomic mass is 16.5. The van der Waals surface area contributed by atoms with Crippen molar-refractivity contribution < 1.29 is 4.74 Å². The summed E-state index contributed by atoms with van der Waals surface area (Å²) >= 11 is 0. The summed E-state index contributed by atoms with van der Waals surface area (Å²) in [6, 6.07) is 4.30. The van der Waals surface area contributed by atoms with Crippen LogP contribution in [0.2, 0.25) is 0 Å². The van der Waals surface area contributed by atoms with Crippen LogP contribution in [0.25, 0.3) is 6.08 Å². The third-order valence-electron chi connectivity index (χ3n) is 3.06. The standard InChI is InChI=1S/C14H20N2O/c1-4-13-9-12(11(2)3)10-14(15-13)16-5-7-17-8-6-16/h4,9-11H,1,5-8H2,2-3H3. The van der Waals surface area contributed by atoms with E-state index in [-0.39, 0.29) is 0 Å². The number of aromatic nitrogens is 1. The Morgan fingerprint density at radius 1 is 1.35 bits per heavy atom. The predicted molar refractivity (Wildman–Crippen MR) is 71.4 cm³/mol. The molecular weight excluding hydrogens is 212 g/mol. The van der Waals surface area contributed by atoms with Crippen LogP contribution in [0.5, 0.6) is 0 Å². The van der Waals surface area contributed by atoms with Gasteiger partial charge in [-0.05, 0) is 29.7 Å². The van der Waals surface area contributed by atoms with Gasteiger partial charge in [-0.1, -0.05) is 20.4 Å². The molecule has 0 bridgehead atoms. The smallest absolute Gasteiger partial charge is 0.129 e. The van der Waals surface area contributed by atoms with Crippen LogP contribution in [0.15, 0.2) is 18.7 Å².